The van der Waals surface area contributed by atoms with E-state index in [1.54, 1.807) is 0 Å². The Morgan fingerprint density at radius 1 is 1.31 bits per heavy atom. The van der Waals surface area contributed by atoms with Gasteiger partial charge >= 0.3 is 6.72 Å². The average molecular weight is 539 g/mol. The van der Waals surface area contributed by atoms with E-state index in [9.17, 15) is 4.89 Å². The molecule has 0 amide bonds. The second kappa shape index (κ2) is 8.42. The van der Waals surface area contributed by atoms with E-state index in [0.29, 0.717) is 17.0 Å². The van der Waals surface area contributed by atoms with E-state index >= 15 is 0 Å². The largest absolute Gasteiger partial charge is 0.407 e. The highest BCUT2D eigenvalue weighted by Gasteiger charge is 2.55. The Balaban J connectivity index is 1.70. The van der Waals surface area contributed by atoms with Crippen LogP contribution in [-0.4, -0.2) is 62.2 Å². The molecule has 1 unspecified atom stereocenters. The summed E-state index contributed by atoms with van der Waals surface area (Å²) in [6.45, 7) is 7.52. The lowest BCUT2D eigenvalue weighted by Gasteiger charge is -2.41. The molecule has 3 aromatic rings. The number of anilines is 1. The van der Waals surface area contributed by atoms with Crippen molar-refractivity contribution in [3.8, 4) is 11.5 Å². The van der Waals surface area contributed by atoms with Crippen LogP contribution in [0.2, 0.25) is 18.1 Å². The van der Waals surface area contributed by atoms with Gasteiger partial charge in [-0.2, -0.15) is 0 Å². The van der Waals surface area contributed by atoms with Crippen molar-refractivity contribution >= 4 is 43.8 Å². The summed E-state index contributed by atoms with van der Waals surface area (Å²) < 4.78 is 28.6. The van der Waals surface area contributed by atoms with Gasteiger partial charge in [-0.15, -0.1) is 0 Å². The van der Waals surface area contributed by atoms with Crippen molar-refractivity contribution in [2.24, 2.45) is 7.05 Å². The Morgan fingerprint density at radius 2 is 2.06 bits per heavy atom. The van der Waals surface area contributed by atoms with E-state index in [1.165, 1.54) is 6.33 Å². The van der Waals surface area contributed by atoms with E-state index in [-0.39, 0.29) is 17.5 Å². The molecule has 2 saturated heterocycles. The molecule has 5 heterocycles. The molecule has 5 atom stereocenters. The van der Waals surface area contributed by atoms with E-state index in [4.69, 9.17) is 40.7 Å². The summed E-state index contributed by atoms with van der Waals surface area (Å²) in [4.78, 5) is 23.9. The van der Waals surface area contributed by atoms with Gasteiger partial charge in [-0.1, -0.05) is 20.8 Å². The molecule has 35 heavy (non-hydrogen) atoms. The minimum absolute atomic E-state index is 0.0786. The molecular weight excluding hydrogens is 507 g/mol. The molecule has 3 N–H and O–H groups in total. The highest BCUT2D eigenvalue weighted by molar-refractivity contribution is 8.07. The first-order valence-corrected chi connectivity index (χ1v) is 16.9. The SMILES string of the molecule is Cn1cccc1-c1nc2c(N)ncnc2n1[C@@H]1O[C@@H]2COP(O)(=S)O[C@H]2[C@H]1O[Si](C)(C)C(C)(C)C. The third-order valence-corrected chi connectivity index (χ3v) is 13.1. The number of rotatable bonds is 4. The molecule has 2 fully saturated rings. The van der Waals surface area contributed by atoms with Crippen molar-refractivity contribution in [1.29, 1.82) is 0 Å². The molecular formula is C21H31N6O5PSSi. The fraction of sp³-hybridized carbons (Fsp3) is 0.571. The lowest BCUT2D eigenvalue weighted by Crippen LogP contribution is -2.50. The zero-order valence-electron chi connectivity index (χ0n) is 20.6. The molecule has 11 nitrogen and oxygen atoms in total. The molecule has 2 aliphatic heterocycles. The smallest absolute Gasteiger partial charge is 0.325 e. The summed E-state index contributed by atoms with van der Waals surface area (Å²) in [5, 5.41) is -0.0786. The number of aromatic nitrogens is 5. The molecule has 2 aliphatic rings. The van der Waals surface area contributed by atoms with Crippen LogP contribution in [0, 0.1) is 0 Å². The highest BCUT2D eigenvalue weighted by atomic mass is 32.5. The molecule has 0 aromatic carbocycles. The second-order valence-electron chi connectivity index (χ2n) is 10.5. The van der Waals surface area contributed by atoms with Crippen LogP contribution in [0.5, 0.6) is 0 Å². The summed E-state index contributed by atoms with van der Waals surface area (Å²) in [6.07, 6.45) is 0.967. The number of imidazole rings is 1. The van der Waals surface area contributed by atoms with Crippen LogP contribution < -0.4 is 5.73 Å². The van der Waals surface area contributed by atoms with Crippen LogP contribution in [-0.2, 0) is 37.1 Å². The minimum Gasteiger partial charge on any atom is -0.407 e. The van der Waals surface area contributed by atoms with Gasteiger partial charge in [-0.3, -0.25) is 9.09 Å². The number of aryl methyl sites for hydroxylation is 1. The van der Waals surface area contributed by atoms with Gasteiger partial charge in [0, 0.05) is 13.2 Å². The standard InChI is InChI=1S/C21H31N6O5PSSi/c1-21(2,3)35(5,6)32-16-15-13(10-29-33(28,34)31-15)30-20(16)27-18(12-8-7-9-26(12)4)25-14-17(22)23-11-24-19(14)27/h7-9,11,13,15-16,20H,10H2,1-6H3,(H,28,34)(H2,22,23,24)/t13-,15-,16-,20-,33?/m1/s1. The second-order valence-corrected chi connectivity index (χ2v) is 18.0. The van der Waals surface area contributed by atoms with Crippen LogP contribution >= 0.6 is 6.72 Å². The predicted molar refractivity (Wildman–Crippen MR) is 137 cm³/mol. The molecule has 0 spiro atoms. The molecule has 0 aliphatic carbocycles. The van der Waals surface area contributed by atoms with Gasteiger partial charge < -0.3 is 28.9 Å². The molecule has 0 saturated carbocycles. The lowest BCUT2D eigenvalue weighted by molar-refractivity contribution is -0.0585. The monoisotopic (exact) mass is 538 g/mol. The topological polar surface area (TPSA) is 132 Å². The summed E-state index contributed by atoms with van der Waals surface area (Å²) in [7, 11) is -0.384. The number of hydrogen-bond donors (Lipinski definition) is 2. The van der Waals surface area contributed by atoms with Gasteiger partial charge in [-0.05, 0) is 42.1 Å². The first-order chi connectivity index (χ1) is 16.3. The zero-order valence-corrected chi connectivity index (χ0v) is 23.3. The van der Waals surface area contributed by atoms with Crippen LogP contribution in [0.25, 0.3) is 22.7 Å². The Morgan fingerprint density at radius 3 is 2.71 bits per heavy atom. The minimum atomic E-state index is -3.41. The lowest BCUT2D eigenvalue weighted by atomic mass is 10.1. The fourth-order valence-corrected chi connectivity index (χ4v) is 6.94. The van der Waals surface area contributed by atoms with E-state index in [1.807, 2.05) is 34.5 Å². The maximum Gasteiger partial charge on any atom is 0.325 e. The number of nitrogens with zero attached hydrogens (tertiary/aromatic N) is 5. The van der Waals surface area contributed by atoms with E-state index < -0.39 is 39.6 Å². The molecule has 0 radical (unpaired) electrons. The third-order valence-electron chi connectivity index (χ3n) is 7.11. The van der Waals surface area contributed by atoms with Crippen molar-refractivity contribution in [3.05, 3.63) is 24.7 Å². The normalized spacial score (nSPS) is 29.6. The fourth-order valence-electron chi connectivity index (χ4n) is 4.21. The Kier molecular flexibility index (Phi) is 6.01. The summed E-state index contributed by atoms with van der Waals surface area (Å²) in [5.74, 6) is 0.878. The molecule has 14 heteroatoms. The molecule has 190 valence electrons. The van der Waals surface area contributed by atoms with Gasteiger partial charge in [0.1, 0.15) is 24.6 Å². The van der Waals surface area contributed by atoms with Crippen molar-refractivity contribution in [1.82, 2.24) is 24.1 Å². The maximum absolute atomic E-state index is 10.5. The molecule has 3 aromatic heterocycles. The van der Waals surface area contributed by atoms with Gasteiger partial charge in [0.05, 0.1) is 12.3 Å². The number of ether oxygens (including phenoxy) is 1. The van der Waals surface area contributed by atoms with Crippen LogP contribution in [0.15, 0.2) is 24.7 Å². The van der Waals surface area contributed by atoms with E-state index in [0.717, 1.165) is 5.69 Å². The molecule has 5 rings (SSSR count). The Labute approximate surface area is 210 Å². The van der Waals surface area contributed by atoms with Gasteiger partial charge in [0.15, 0.2) is 37.4 Å². The highest BCUT2D eigenvalue weighted by Crippen LogP contribution is 2.55. The predicted octanol–water partition coefficient (Wildman–Crippen LogP) is 3.33. The molecule has 0 bridgehead atoms. The van der Waals surface area contributed by atoms with Gasteiger partial charge in [0.2, 0.25) is 0 Å². The van der Waals surface area contributed by atoms with Gasteiger partial charge in [0.25, 0.3) is 0 Å². The van der Waals surface area contributed by atoms with Crippen molar-refractivity contribution < 1.29 is 23.1 Å². The first-order valence-electron chi connectivity index (χ1n) is 11.4. The van der Waals surface area contributed by atoms with Crippen LogP contribution in [0.4, 0.5) is 5.82 Å². The van der Waals surface area contributed by atoms with Crippen molar-refractivity contribution in [2.75, 3.05) is 12.3 Å². The van der Waals surface area contributed by atoms with Crippen molar-refractivity contribution in [3.63, 3.8) is 0 Å². The Hall–Kier alpha value is -1.70. The summed E-state index contributed by atoms with van der Waals surface area (Å²) >= 11 is 5.19. The van der Waals surface area contributed by atoms with E-state index in [2.05, 4.69) is 43.8 Å². The number of nitrogen functional groups attached to an aromatic ring is 1. The summed E-state index contributed by atoms with van der Waals surface area (Å²) in [6, 6.07) is 3.89. The average Bonchev–Trinajstić information content (AvgIpc) is 3.42. The maximum atomic E-state index is 10.5. The summed E-state index contributed by atoms with van der Waals surface area (Å²) in [5.41, 5.74) is 8.02. The van der Waals surface area contributed by atoms with Crippen molar-refractivity contribution in [2.45, 2.75) is 63.4 Å². The van der Waals surface area contributed by atoms with Crippen LogP contribution in [0.3, 0.4) is 0 Å². The quantitative estimate of drug-likeness (QED) is 0.377. The van der Waals surface area contributed by atoms with Crippen LogP contribution in [0.1, 0.15) is 27.0 Å². The number of fused-ring (bicyclic) bond motifs is 2. The third kappa shape index (κ3) is 4.27. The number of nitrogens with two attached hydrogens (primary N) is 1. The first kappa shape index (κ1) is 25.0. The zero-order chi connectivity index (χ0) is 25.3. The Bertz CT molecular complexity index is 1320. The number of hydrogen-bond acceptors (Lipinski definition) is 9. The van der Waals surface area contributed by atoms with Gasteiger partial charge in [-0.25, -0.2) is 15.0 Å².